The average Bonchev–Trinajstić information content (AvgIpc) is 2.99. The number of hydrogen-bond donors (Lipinski definition) is 0. The maximum absolute atomic E-state index is 9.19. The van der Waals surface area contributed by atoms with Crippen LogP contribution in [0.15, 0.2) is 24.3 Å². The molecule has 0 saturated heterocycles. The van der Waals surface area contributed by atoms with Crippen molar-refractivity contribution >= 4 is 11.0 Å². The SMILES string of the molecule is CCc1cc(-c2nc3c(C#N)cccc3n2C)n(C)n1. The molecule has 3 rings (SSSR count). The number of para-hydroxylation sites is 1. The lowest BCUT2D eigenvalue weighted by atomic mass is 10.2. The van der Waals surface area contributed by atoms with Gasteiger partial charge in [0.15, 0.2) is 5.82 Å². The number of aryl methyl sites for hydroxylation is 3. The van der Waals surface area contributed by atoms with E-state index in [0.29, 0.717) is 5.56 Å². The van der Waals surface area contributed by atoms with Crippen molar-refractivity contribution in [2.24, 2.45) is 14.1 Å². The number of benzene rings is 1. The van der Waals surface area contributed by atoms with Gasteiger partial charge in [0.25, 0.3) is 0 Å². The smallest absolute Gasteiger partial charge is 0.159 e. The largest absolute Gasteiger partial charge is 0.326 e. The summed E-state index contributed by atoms with van der Waals surface area (Å²) in [5.74, 6) is 0.831. The third-order valence-corrected chi connectivity index (χ3v) is 3.55. The molecule has 0 N–H and O–H groups in total. The number of nitrogens with zero attached hydrogens (tertiary/aromatic N) is 5. The Morgan fingerprint density at radius 2 is 2.10 bits per heavy atom. The molecule has 0 unspecified atom stereocenters. The van der Waals surface area contributed by atoms with Crippen molar-refractivity contribution in [2.45, 2.75) is 13.3 Å². The van der Waals surface area contributed by atoms with Gasteiger partial charge in [0.05, 0.1) is 16.8 Å². The van der Waals surface area contributed by atoms with Crippen LogP contribution in [0.2, 0.25) is 0 Å². The zero-order valence-corrected chi connectivity index (χ0v) is 11.8. The molecule has 0 radical (unpaired) electrons. The van der Waals surface area contributed by atoms with Crippen molar-refractivity contribution in [1.82, 2.24) is 19.3 Å². The molecule has 2 aromatic heterocycles. The van der Waals surface area contributed by atoms with Crippen molar-refractivity contribution in [3.63, 3.8) is 0 Å². The quantitative estimate of drug-likeness (QED) is 0.715. The van der Waals surface area contributed by atoms with Gasteiger partial charge in [0, 0.05) is 14.1 Å². The molecule has 20 heavy (non-hydrogen) atoms. The second-order valence-electron chi connectivity index (χ2n) is 4.78. The third-order valence-electron chi connectivity index (χ3n) is 3.55. The molecule has 0 aliphatic heterocycles. The van der Waals surface area contributed by atoms with Crippen molar-refractivity contribution < 1.29 is 0 Å². The summed E-state index contributed by atoms with van der Waals surface area (Å²) in [5.41, 5.74) is 4.30. The maximum atomic E-state index is 9.19. The van der Waals surface area contributed by atoms with Crippen LogP contribution in [-0.2, 0) is 20.5 Å². The lowest BCUT2D eigenvalue weighted by Crippen LogP contribution is -1.99. The maximum Gasteiger partial charge on any atom is 0.159 e. The van der Waals surface area contributed by atoms with E-state index in [1.54, 1.807) is 6.07 Å². The van der Waals surface area contributed by atoms with E-state index < -0.39 is 0 Å². The summed E-state index contributed by atoms with van der Waals surface area (Å²) >= 11 is 0. The van der Waals surface area contributed by atoms with Crippen molar-refractivity contribution in [3.8, 4) is 17.6 Å². The predicted octanol–water partition coefficient (Wildman–Crippen LogP) is 2.41. The fourth-order valence-electron chi connectivity index (χ4n) is 2.44. The first-order valence-corrected chi connectivity index (χ1v) is 6.54. The lowest BCUT2D eigenvalue weighted by Gasteiger charge is -2.02. The van der Waals surface area contributed by atoms with E-state index >= 15 is 0 Å². The van der Waals surface area contributed by atoms with Gasteiger partial charge in [-0.05, 0) is 24.6 Å². The Hall–Kier alpha value is -2.61. The standard InChI is InChI=1S/C15H15N5/c1-4-11-8-13(20(3)18-11)15-17-14-10(9-16)6-5-7-12(14)19(15)2/h5-8H,4H2,1-3H3. The summed E-state index contributed by atoms with van der Waals surface area (Å²) < 4.78 is 3.85. The minimum Gasteiger partial charge on any atom is -0.326 e. The Balaban J connectivity index is 2.29. The Morgan fingerprint density at radius 1 is 1.30 bits per heavy atom. The predicted molar refractivity (Wildman–Crippen MR) is 77.0 cm³/mol. The molecule has 0 aliphatic carbocycles. The molecule has 0 aliphatic rings. The molecular weight excluding hydrogens is 250 g/mol. The van der Waals surface area contributed by atoms with E-state index in [1.807, 2.05) is 41.5 Å². The lowest BCUT2D eigenvalue weighted by molar-refractivity contribution is 0.744. The monoisotopic (exact) mass is 265 g/mol. The highest BCUT2D eigenvalue weighted by molar-refractivity contribution is 5.85. The summed E-state index contributed by atoms with van der Waals surface area (Å²) in [6.45, 7) is 2.08. The van der Waals surface area contributed by atoms with Crippen LogP contribution in [0, 0.1) is 11.3 Å². The van der Waals surface area contributed by atoms with Crippen LogP contribution in [0.5, 0.6) is 0 Å². The number of rotatable bonds is 2. The second kappa shape index (κ2) is 4.49. The van der Waals surface area contributed by atoms with Crippen molar-refractivity contribution in [2.75, 3.05) is 0 Å². The van der Waals surface area contributed by atoms with E-state index in [4.69, 9.17) is 0 Å². The van der Waals surface area contributed by atoms with Crippen LogP contribution in [0.4, 0.5) is 0 Å². The Morgan fingerprint density at radius 3 is 2.75 bits per heavy atom. The Labute approximate surface area is 117 Å². The highest BCUT2D eigenvalue weighted by atomic mass is 15.3. The zero-order valence-electron chi connectivity index (χ0n) is 11.8. The van der Waals surface area contributed by atoms with E-state index in [9.17, 15) is 5.26 Å². The highest BCUT2D eigenvalue weighted by Crippen LogP contribution is 2.25. The molecule has 100 valence electrons. The summed E-state index contributed by atoms with van der Waals surface area (Å²) in [5, 5.41) is 13.6. The van der Waals surface area contributed by atoms with Crippen LogP contribution >= 0.6 is 0 Å². The molecule has 0 fully saturated rings. The molecule has 0 amide bonds. The topological polar surface area (TPSA) is 59.4 Å². The fourth-order valence-corrected chi connectivity index (χ4v) is 2.44. The third kappa shape index (κ3) is 1.69. The van der Waals surface area contributed by atoms with Gasteiger partial charge in [-0.1, -0.05) is 13.0 Å². The summed E-state index contributed by atoms with van der Waals surface area (Å²) in [6, 6.07) is 9.89. The first kappa shape index (κ1) is 12.4. The highest BCUT2D eigenvalue weighted by Gasteiger charge is 2.16. The first-order chi connectivity index (χ1) is 9.65. The molecule has 0 bridgehead atoms. The number of nitriles is 1. The molecule has 1 aromatic carbocycles. The minimum absolute atomic E-state index is 0.599. The van der Waals surface area contributed by atoms with Gasteiger partial charge in [-0.15, -0.1) is 0 Å². The molecular formula is C15H15N5. The van der Waals surface area contributed by atoms with E-state index in [2.05, 4.69) is 23.1 Å². The van der Waals surface area contributed by atoms with Crippen LogP contribution in [-0.4, -0.2) is 19.3 Å². The zero-order chi connectivity index (χ0) is 14.3. The van der Waals surface area contributed by atoms with Gasteiger partial charge in [0.1, 0.15) is 17.3 Å². The van der Waals surface area contributed by atoms with Crippen LogP contribution < -0.4 is 0 Å². The molecule has 2 heterocycles. The minimum atomic E-state index is 0.599. The molecule has 0 spiro atoms. The van der Waals surface area contributed by atoms with Crippen LogP contribution in [0.1, 0.15) is 18.2 Å². The Bertz CT molecular complexity index is 832. The molecule has 5 nitrogen and oxygen atoms in total. The normalized spacial score (nSPS) is 10.9. The van der Waals surface area contributed by atoms with Gasteiger partial charge in [0.2, 0.25) is 0 Å². The summed E-state index contributed by atoms with van der Waals surface area (Å²) in [4.78, 5) is 4.64. The van der Waals surface area contributed by atoms with E-state index in [1.165, 1.54) is 0 Å². The first-order valence-electron chi connectivity index (χ1n) is 6.54. The van der Waals surface area contributed by atoms with Crippen molar-refractivity contribution in [3.05, 3.63) is 35.5 Å². The summed E-state index contributed by atoms with van der Waals surface area (Å²) in [7, 11) is 3.88. The Kier molecular flexibility index (Phi) is 2.79. The average molecular weight is 265 g/mol. The number of hydrogen-bond acceptors (Lipinski definition) is 3. The van der Waals surface area contributed by atoms with Gasteiger partial charge in [-0.3, -0.25) is 4.68 Å². The van der Waals surface area contributed by atoms with E-state index in [-0.39, 0.29) is 0 Å². The molecule has 0 atom stereocenters. The van der Waals surface area contributed by atoms with Crippen LogP contribution in [0.25, 0.3) is 22.6 Å². The van der Waals surface area contributed by atoms with Crippen molar-refractivity contribution in [1.29, 1.82) is 5.26 Å². The van der Waals surface area contributed by atoms with Gasteiger partial charge < -0.3 is 4.57 Å². The van der Waals surface area contributed by atoms with Gasteiger partial charge >= 0.3 is 0 Å². The molecule has 3 aromatic rings. The number of aromatic nitrogens is 4. The molecule has 0 saturated carbocycles. The number of fused-ring (bicyclic) bond motifs is 1. The fraction of sp³-hybridized carbons (Fsp3) is 0.267. The summed E-state index contributed by atoms with van der Waals surface area (Å²) in [6.07, 6.45) is 0.890. The van der Waals surface area contributed by atoms with E-state index in [0.717, 1.165) is 34.7 Å². The van der Waals surface area contributed by atoms with Gasteiger partial charge in [-0.2, -0.15) is 10.4 Å². The van der Waals surface area contributed by atoms with Crippen LogP contribution in [0.3, 0.4) is 0 Å². The molecule has 5 heteroatoms. The number of imidazole rings is 1. The van der Waals surface area contributed by atoms with Gasteiger partial charge in [-0.25, -0.2) is 4.98 Å². The second-order valence-corrected chi connectivity index (χ2v) is 4.78.